The second-order valence-corrected chi connectivity index (χ2v) is 8.07. The number of nitrogens with two attached hydrogens (primary N) is 1. The summed E-state index contributed by atoms with van der Waals surface area (Å²) in [6.45, 7) is 0.500. The van der Waals surface area contributed by atoms with E-state index in [9.17, 15) is 13.2 Å². The van der Waals surface area contributed by atoms with Crippen LogP contribution < -0.4 is 15.4 Å². The van der Waals surface area contributed by atoms with Crippen LogP contribution in [-0.2, 0) is 14.8 Å². The topological polar surface area (TPSA) is 92.5 Å². The highest BCUT2D eigenvalue weighted by Crippen LogP contribution is 2.25. The van der Waals surface area contributed by atoms with Crippen LogP contribution in [0.15, 0.2) is 54.6 Å². The van der Waals surface area contributed by atoms with Crippen molar-refractivity contribution in [1.29, 1.82) is 0 Å². The van der Waals surface area contributed by atoms with Crippen molar-refractivity contribution in [1.82, 2.24) is 0 Å². The minimum atomic E-state index is -3.19. The van der Waals surface area contributed by atoms with Crippen molar-refractivity contribution in [3.63, 3.8) is 0 Å². The van der Waals surface area contributed by atoms with Crippen LogP contribution in [0.5, 0.6) is 0 Å². The van der Waals surface area contributed by atoms with E-state index >= 15 is 0 Å². The number of hydrogen-bond donors (Lipinski definition) is 2. The zero-order valence-corrected chi connectivity index (χ0v) is 14.6. The van der Waals surface area contributed by atoms with Gasteiger partial charge in [0.2, 0.25) is 15.9 Å². The Bertz CT molecular complexity index is 836. The molecule has 0 bridgehead atoms. The van der Waals surface area contributed by atoms with Gasteiger partial charge in [0, 0.05) is 24.7 Å². The molecule has 7 heteroatoms. The minimum Gasteiger partial charge on any atom is -0.326 e. The molecule has 1 heterocycles. The van der Waals surface area contributed by atoms with Gasteiger partial charge < -0.3 is 11.1 Å². The Kier molecular flexibility index (Phi) is 5.06. The van der Waals surface area contributed by atoms with Gasteiger partial charge in [-0.1, -0.05) is 30.3 Å². The number of carbonyl (C=O) groups is 1. The van der Waals surface area contributed by atoms with Crippen molar-refractivity contribution < 1.29 is 13.2 Å². The van der Waals surface area contributed by atoms with E-state index in [1.165, 1.54) is 4.31 Å². The van der Waals surface area contributed by atoms with E-state index in [4.69, 9.17) is 5.73 Å². The van der Waals surface area contributed by atoms with Gasteiger partial charge in [0.05, 0.1) is 11.4 Å². The van der Waals surface area contributed by atoms with Crippen LogP contribution in [0.1, 0.15) is 24.4 Å². The Morgan fingerprint density at radius 2 is 1.80 bits per heavy atom. The van der Waals surface area contributed by atoms with Gasteiger partial charge in [-0.2, -0.15) is 0 Å². The molecule has 0 saturated carbocycles. The minimum absolute atomic E-state index is 0.173. The molecule has 1 aliphatic rings. The van der Waals surface area contributed by atoms with E-state index in [0.29, 0.717) is 24.3 Å². The van der Waals surface area contributed by atoms with Gasteiger partial charge in [-0.05, 0) is 36.2 Å². The van der Waals surface area contributed by atoms with Crippen molar-refractivity contribution in [3.05, 3.63) is 60.2 Å². The third-order valence-corrected chi connectivity index (χ3v) is 6.04. The third-order valence-electron chi connectivity index (χ3n) is 4.17. The average Bonchev–Trinajstić information content (AvgIpc) is 2.95. The average molecular weight is 359 g/mol. The van der Waals surface area contributed by atoms with Gasteiger partial charge in [0.1, 0.15) is 0 Å². The van der Waals surface area contributed by atoms with E-state index in [0.717, 1.165) is 5.56 Å². The van der Waals surface area contributed by atoms with Crippen molar-refractivity contribution in [2.45, 2.75) is 18.9 Å². The lowest BCUT2D eigenvalue weighted by atomic mass is 10.0. The van der Waals surface area contributed by atoms with Crippen LogP contribution >= 0.6 is 0 Å². The molecule has 6 nitrogen and oxygen atoms in total. The number of sulfonamides is 1. The molecule has 1 aliphatic heterocycles. The van der Waals surface area contributed by atoms with Crippen molar-refractivity contribution in [2.75, 3.05) is 21.9 Å². The molecule has 0 spiro atoms. The van der Waals surface area contributed by atoms with Crippen LogP contribution in [0.4, 0.5) is 11.4 Å². The summed E-state index contributed by atoms with van der Waals surface area (Å²) in [5.41, 5.74) is 8.20. The van der Waals surface area contributed by atoms with Crippen LogP contribution in [-0.4, -0.2) is 26.6 Å². The summed E-state index contributed by atoms with van der Waals surface area (Å²) in [5, 5.41) is 2.79. The molecule has 3 N–H and O–H groups in total. The number of nitrogens with zero attached hydrogens (tertiary/aromatic N) is 1. The maximum atomic E-state index is 12.1. The van der Waals surface area contributed by atoms with Gasteiger partial charge in [0.25, 0.3) is 0 Å². The van der Waals surface area contributed by atoms with E-state index in [1.807, 2.05) is 30.3 Å². The Morgan fingerprint density at radius 3 is 2.40 bits per heavy atom. The summed E-state index contributed by atoms with van der Waals surface area (Å²) in [5.74, 6) is 0.000892. The summed E-state index contributed by atoms with van der Waals surface area (Å²) in [7, 11) is -3.19. The van der Waals surface area contributed by atoms with Crippen LogP contribution in [0.3, 0.4) is 0 Å². The largest absolute Gasteiger partial charge is 0.326 e. The number of rotatable bonds is 5. The van der Waals surface area contributed by atoms with E-state index < -0.39 is 10.0 Å². The molecule has 0 aromatic heterocycles. The summed E-state index contributed by atoms with van der Waals surface area (Å²) >= 11 is 0. The molecule has 132 valence electrons. The first-order valence-electron chi connectivity index (χ1n) is 8.16. The number of anilines is 2. The molecule has 1 unspecified atom stereocenters. The van der Waals surface area contributed by atoms with E-state index in [2.05, 4.69) is 5.32 Å². The van der Waals surface area contributed by atoms with Crippen molar-refractivity contribution in [3.8, 4) is 0 Å². The zero-order chi connectivity index (χ0) is 17.9. The lowest BCUT2D eigenvalue weighted by Gasteiger charge is -2.17. The smallest absolute Gasteiger partial charge is 0.235 e. The zero-order valence-electron chi connectivity index (χ0n) is 13.8. The molecule has 2 aromatic carbocycles. The Morgan fingerprint density at radius 1 is 1.12 bits per heavy atom. The van der Waals surface area contributed by atoms with Gasteiger partial charge in [-0.15, -0.1) is 0 Å². The van der Waals surface area contributed by atoms with Gasteiger partial charge in [-0.25, -0.2) is 8.42 Å². The van der Waals surface area contributed by atoms with Crippen LogP contribution in [0, 0.1) is 0 Å². The highest BCUT2D eigenvalue weighted by molar-refractivity contribution is 7.93. The predicted octanol–water partition coefficient (Wildman–Crippen LogP) is 2.26. The summed E-state index contributed by atoms with van der Waals surface area (Å²) < 4.78 is 25.3. The molecule has 1 amide bonds. The van der Waals surface area contributed by atoms with Gasteiger partial charge in [0.15, 0.2) is 0 Å². The molecule has 2 aromatic rings. The number of amides is 1. The lowest BCUT2D eigenvalue weighted by Crippen LogP contribution is -2.25. The summed E-state index contributed by atoms with van der Waals surface area (Å²) in [6, 6.07) is 15.9. The van der Waals surface area contributed by atoms with Crippen LogP contribution in [0.2, 0.25) is 0 Å². The molecule has 3 rings (SSSR count). The number of carbonyl (C=O) groups excluding carboxylic acids is 1. The fraction of sp³-hybridized carbons (Fsp3) is 0.278. The molecule has 1 atom stereocenters. The second kappa shape index (κ2) is 7.25. The fourth-order valence-corrected chi connectivity index (χ4v) is 4.43. The van der Waals surface area contributed by atoms with Crippen molar-refractivity contribution in [2.24, 2.45) is 5.73 Å². The fourth-order valence-electron chi connectivity index (χ4n) is 2.87. The monoisotopic (exact) mass is 359 g/mol. The molecular formula is C18H21N3O3S. The number of nitrogens with one attached hydrogen (secondary N) is 1. The highest BCUT2D eigenvalue weighted by atomic mass is 32.2. The van der Waals surface area contributed by atoms with E-state index in [1.54, 1.807) is 24.3 Å². The SMILES string of the molecule is NC(CC(=O)Nc1ccc(N2CCCS2(=O)=O)cc1)c1ccccc1. The number of hydrogen-bond acceptors (Lipinski definition) is 4. The maximum Gasteiger partial charge on any atom is 0.235 e. The lowest BCUT2D eigenvalue weighted by molar-refractivity contribution is -0.116. The maximum absolute atomic E-state index is 12.1. The molecule has 25 heavy (non-hydrogen) atoms. The Labute approximate surface area is 147 Å². The third kappa shape index (κ3) is 4.18. The van der Waals surface area contributed by atoms with Crippen molar-refractivity contribution >= 4 is 27.3 Å². The molecular weight excluding hydrogens is 338 g/mol. The van der Waals surface area contributed by atoms with Crippen LogP contribution in [0.25, 0.3) is 0 Å². The first-order chi connectivity index (χ1) is 12.0. The molecule has 0 radical (unpaired) electrons. The predicted molar refractivity (Wildman–Crippen MR) is 98.8 cm³/mol. The van der Waals surface area contributed by atoms with Gasteiger partial charge in [-0.3, -0.25) is 9.10 Å². The quantitative estimate of drug-likeness (QED) is 0.856. The first-order valence-corrected chi connectivity index (χ1v) is 9.77. The van der Waals surface area contributed by atoms with E-state index in [-0.39, 0.29) is 24.1 Å². The standard InChI is InChI=1S/C18H21N3O3S/c19-17(14-5-2-1-3-6-14)13-18(22)20-15-7-9-16(10-8-15)21-11-4-12-25(21,23)24/h1-3,5-10,17H,4,11-13,19H2,(H,20,22). The first kappa shape index (κ1) is 17.4. The Balaban J connectivity index is 1.61. The number of benzene rings is 2. The molecule has 1 fully saturated rings. The summed E-state index contributed by atoms with van der Waals surface area (Å²) in [4.78, 5) is 12.1. The Hall–Kier alpha value is -2.38. The van der Waals surface area contributed by atoms with Gasteiger partial charge >= 0.3 is 0 Å². The summed E-state index contributed by atoms with van der Waals surface area (Å²) in [6.07, 6.45) is 0.810. The highest BCUT2D eigenvalue weighted by Gasteiger charge is 2.28. The second-order valence-electron chi connectivity index (χ2n) is 6.06. The normalized spacial score (nSPS) is 17.2. The molecule has 0 aliphatic carbocycles. The molecule has 1 saturated heterocycles.